The van der Waals surface area contributed by atoms with Crippen molar-refractivity contribution in [3.63, 3.8) is 0 Å². The molecule has 0 aromatic heterocycles. The van der Waals surface area contributed by atoms with Gasteiger partial charge in [-0.15, -0.1) is 12.4 Å². The molecular weight excluding hydrogens is 324 g/mol. The second-order valence-electron chi connectivity index (χ2n) is 7.43. The van der Waals surface area contributed by atoms with Crippen LogP contribution < -0.4 is 5.32 Å². The summed E-state index contributed by atoms with van der Waals surface area (Å²) >= 11 is 0. The Bertz CT molecular complexity index is 599. The second-order valence-corrected chi connectivity index (χ2v) is 7.43. The zero-order chi connectivity index (χ0) is 15.8. The molecule has 0 amide bonds. The van der Waals surface area contributed by atoms with Crippen LogP contribution in [-0.4, -0.2) is 48.2 Å². The van der Waals surface area contributed by atoms with E-state index < -0.39 is 5.97 Å². The molecule has 1 aliphatic carbocycles. The number of halogens is 1. The molecule has 0 unspecified atom stereocenters. The van der Waals surface area contributed by atoms with Crippen molar-refractivity contribution in [1.29, 1.82) is 0 Å². The number of carboxylic acids is 1. The number of fused-ring (bicyclic) bond motifs is 4. The number of aryl methyl sites for hydroxylation is 1. The lowest BCUT2D eigenvalue weighted by atomic mass is 9.79. The molecule has 24 heavy (non-hydrogen) atoms. The Labute approximate surface area is 150 Å². The van der Waals surface area contributed by atoms with Crippen molar-refractivity contribution in [3.8, 4) is 0 Å². The Hall–Kier alpha value is -1.10. The molecule has 4 nitrogen and oxygen atoms in total. The van der Waals surface area contributed by atoms with Crippen LogP contribution in [0.3, 0.4) is 0 Å². The first kappa shape index (κ1) is 17.7. The molecule has 2 bridgehead atoms. The Morgan fingerprint density at radius 1 is 1.25 bits per heavy atom. The average molecular weight is 351 g/mol. The third-order valence-electron chi connectivity index (χ3n) is 6.12. The van der Waals surface area contributed by atoms with Crippen LogP contribution in [0.4, 0.5) is 0 Å². The monoisotopic (exact) mass is 350 g/mol. The van der Waals surface area contributed by atoms with Gasteiger partial charge in [-0.1, -0.05) is 12.1 Å². The van der Waals surface area contributed by atoms with Crippen molar-refractivity contribution in [1.82, 2.24) is 10.2 Å². The highest BCUT2D eigenvalue weighted by Gasteiger charge is 2.34. The normalized spacial score (nSPS) is 31.2. The van der Waals surface area contributed by atoms with E-state index in [9.17, 15) is 9.90 Å². The van der Waals surface area contributed by atoms with E-state index in [2.05, 4.69) is 16.3 Å². The van der Waals surface area contributed by atoms with Crippen LogP contribution in [0, 0.1) is 5.92 Å². The maximum absolute atomic E-state index is 11.6. The zero-order valence-electron chi connectivity index (χ0n) is 14.0. The standard InChI is InChI=1S/C19H26N2O2.ClH/c22-19(23)16-6-2-4-14-3-1-5-15(18(14)16)11-20-17-12-21-9-7-13(17)8-10-21;/h2,4,6,13,15,17,20H,1,3,5,7-12H2,(H,22,23);1H/t15-,17-;/m1./s1. The van der Waals surface area contributed by atoms with E-state index in [0.717, 1.165) is 30.9 Å². The Balaban J connectivity index is 0.00000169. The summed E-state index contributed by atoms with van der Waals surface area (Å²) in [6, 6.07) is 6.38. The van der Waals surface area contributed by atoms with Gasteiger partial charge in [-0.05, 0) is 74.2 Å². The van der Waals surface area contributed by atoms with Gasteiger partial charge >= 0.3 is 5.97 Å². The molecule has 3 fully saturated rings. The van der Waals surface area contributed by atoms with Gasteiger partial charge in [0, 0.05) is 19.1 Å². The molecule has 3 heterocycles. The highest BCUT2D eigenvalue weighted by molar-refractivity contribution is 5.90. The van der Waals surface area contributed by atoms with Gasteiger partial charge in [-0.25, -0.2) is 4.79 Å². The third kappa shape index (κ3) is 3.32. The number of carbonyl (C=O) groups is 1. The predicted molar refractivity (Wildman–Crippen MR) is 97.3 cm³/mol. The lowest BCUT2D eigenvalue weighted by Gasteiger charge is -2.45. The van der Waals surface area contributed by atoms with Gasteiger partial charge in [-0.2, -0.15) is 0 Å². The van der Waals surface area contributed by atoms with Gasteiger partial charge in [0.05, 0.1) is 5.56 Å². The molecule has 5 heteroatoms. The first-order chi connectivity index (χ1) is 11.2. The highest BCUT2D eigenvalue weighted by Crippen LogP contribution is 2.35. The second kappa shape index (κ2) is 7.42. The van der Waals surface area contributed by atoms with E-state index in [4.69, 9.17) is 0 Å². The van der Waals surface area contributed by atoms with Gasteiger partial charge in [-0.3, -0.25) is 0 Å². The molecule has 3 aliphatic heterocycles. The van der Waals surface area contributed by atoms with Gasteiger partial charge in [0.2, 0.25) is 0 Å². The minimum absolute atomic E-state index is 0. The number of hydrogen-bond acceptors (Lipinski definition) is 3. The number of rotatable bonds is 4. The van der Waals surface area contributed by atoms with E-state index in [-0.39, 0.29) is 12.4 Å². The largest absolute Gasteiger partial charge is 0.478 e. The molecule has 4 aliphatic rings. The molecule has 2 atom stereocenters. The number of carboxylic acid groups (broad SMARTS) is 1. The zero-order valence-corrected chi connectivity index (χ0v) is 14.9. The van der Waals surface area contributed by atoms with Crippen LogP contribution >= 0.6 is 12.4 Å². The van der Waals surface area contributed by atoms with E-state index in [0.29, 0.717) is 17.5 Å². The number of nitrogens with zero attached hydrogens (tertiary/aromatic N) is 1. The van der Waals surface area contributed by atoms with Crippen LogP contribution in [0.2, 0.25) is 0 Å². The maximum atomic E-state index is 11.6. The van der Waals surface area contributed by atoms with Crippen LogP contribution in [0.25, 0.3) is 0 Å². The maximum Gasteiger partial charge on any atom is 0.335 e. The van der Waals surface area contributed by atoms with Crippen molar-refractivity contribution in [2.45, 2.75) is 44.1 Å². The van der Waals surface area contributed by atoms with Gasteiger partial charge < -0.3 is 15.3 Å². The van der Waals surface area contributed by atoms with E-state index in [1.54, 1.807) is 6.07 Å². The molecule has 0 spiro atoms. The van der Waals surface area contributed by atoms with E-state index >= 15 is 0 Å². The molecule has 132 valence electrons. The number of aromatic carboxylic acids is 1. The summed E-state index contributed by atoms with van der Waals surface area (Å²) in [6.45, 7) is 4.62. The predicted octanol–water partition coefficient (Wildman–Crippen LogP) is 2.91. The van der Waals surface area contributed by atoms with Crippen molar-refractivity contribution in [2.24, 2.45) is 5.92 Å². The van der Waals surface area contributed by atoms with Gasteiger partial charge in [0.25, 0.3) is 0 Å². The Kier molecular flexibility index (Phi) is 5.48. The first-order valence-corrected chi connectivity index (χ1v) is 9.03. The van der Waals surface area contributed by atoms with Crippen LogP contribution in [0.1, 0.15) is 53.1 Å². The summed E-state index contributed by atoms with van der Waals surface area (Å²) in [5.74, 6) is 0.385. The summed E-state index contributed by atoms with van der Waals surface area (Å²) in [5, 5.41) is 13.3. The molecule has 1 aromatic rings. The number of piperidine rings is 3. The molecule has 0 radical (unpaired) electrons. The van der Waals surface area contributed by atoms with Crippen LogP contribution in [0.15, 0.2) is 18.2 Å². The smallest absolute Gasteiger partial charge is 0.335 e. The molecule has 3 saturated heterocycles. The van der Waals surface area contributed by atoms with Crippen LogP contribution in [-0.2, 0) is 6.42 Å². The molecule has 2 N–H and O–H groups in total. The van der Waals surface area contributed by atoms with Gasteiger partial charge in [0.15, 0.2) is 0 Å². The fourth-order valence-electron chi connectivity index (χ4n) is 4.88. The Morgan fingerprint density at radius 3 is 2.71 bits per heavy atom. The van der Waals surface area contributed by atoms with Gasteiger partial charge in [0.1, 0.15) is 0 Å². The summed E-state index contributed by atoms with van der Waals surface area (Å²) in [5.41, 5.74) is 2.86. The molecule has 1 aromatic carbocycles. The lowest BCUT2D eigenvalue weighted by molar-refractivity contribution is 0.0690. The Morgan fingerprint density at radius 2 is 2.04 bits per heavy atom. The highest BCUT2D eigenvalue weighted by atomic mass is 35.5. The summed E-state index contributed by atoms with van der Waals surface area (Å²) in [6.07, 6.45) is 5.93. The number of nitrogens with one attached hydrogen (secondary N) is 1. The summed E-state index contributed by atoms with van der Waals surface area (Å²) < 4.78 is 0. The van der Waals surface area contributed by atoms with Crippen molar-refractivity contribution >= 4 is 18.4 Å². The third-order valence-corrected chi connectivity index (χ3v) is 6.12. The summed E-state index contributed by atoms with van der Waals surface area (Å²) in [4.78, 5) is 14.2. The number of hydrogen-bond donors (Lipinski definition) is 2. The molecular formula is C19H27ClN2O2. The fraction of sp³-hybridized carbons (Fsp3) is 0.632. The minimum Gasteiger partial charge on any atom is -0.478 e. The average Bonchev–Trinajstić information content (AvgIpc) is 2.60. The van der Waals surface area contributed by atoms with Crippen LogP contribution in [0.5, 0.6) is 0 Å². The minimum atomic E-state index is -0.781. The SMILES string of the molecule is Cl.O=C(O)c1cccc2c1[C@@H](CN[C@@H]1CN3CCC1CC3)CCC2. The lowest BCUT2D eigenvalue weighted by Crippen LogP contribution is -2.56. The quantitative estimate of drug-likeness (QED) is 0.876. The number of benzene rings is 1. The summed E-state index contributed by atoms with van der Waals surface area (Å²) in [7, 11) is 0. The van der Waals surface area contributed by atoms with Crippen molar-refractivity contribution in [3.05, 3.63) is 34.9 Å². The fourth-order valence-corrected chi connectivity index (χ4v) is 4.88. The van der Waals surface area contributed by atoms with Crippen molar-refractivity contribution in [2.75, 3.05) is 26.2 Å². The van der Waals surface area contributed by atoms with Crippen molar-refractivity contribution < 1.29 is 9.90 Å². The van der Waals surface area contributed by atoms with E-state index in [1.807, 2.05) is 6.07 Å². The molecule has 5 rings (SSSR count). The van der Waals surface area contributed by atoms with E-state index in [1.165, 1.54) is 44.5 Å². The topological polar surface area (TPSA) is 52.6 Å². The first-order valence-electron chi connectivity index (χ1n) is 9.03. The molecule has 0 saturated carbocycles.